The van der Waals surface area contributed by atoms with Crippen LogP contribution in [0.5, 0.6) is 11.5 Å². The molecule has 0 heterocycles. The van der Waals surface area contributed by atoms with Crippen LogP contribution in [0.25, 0.3) is 0 Å². The number of benzene rings is 3. The zero-order valence-corrected chi connectivity index (χ0v) is 27.0. The van der Waals surface area contributed by atoms with Gasteiger partial charge in [0, 0.05) is 19.2 Å². The van der Waals surface area contributed by atoms with Gasteiger partial charge < -0.3 is 19.7 Å². The monoisotopic (exact) mass is 627 g/mol. The van der Waals surface area contributed by atoms with Crippen LogP contribution < -0.4 is 19.1 Å². The van der Waals surface area contributed by atoms with Crippen molar-refractivity contribution in [2.24, 2.45) is 0 Å². The highest BCUT2D eigenvalue weighted by molar-refractivity contribution is 7.92. The normalized spacial score (nSPS) is 11.9. The third kappa shape index (κ3) is 8.49. The van der Waals surface area contributed by atoms with E-state index in [0.29, 0.717) is 23.5 Å². The molecule has 0 saturated carbocycles. The van der Waals surface area contributed by atoms with Gasteiger partial charge in [-0.05, 0) is 79.8 Å². The SMILES string of the molecule is CCCCNC(=O)[C@H](CC)N(Cc1ccc(F)cc1)C(=O)CN(c1cc(C)cc(C)c1)S(=O)(=O)c1ccc(OC)c(OC)c1. The highest BCUT2D eigenvalue weighted by Gasteiger charge is 2.34. The van der Waals surface area contributed by atoms with E-state index in [9.17, 15) is 22.4 Å². The third-order valence-electron chi connectivity index (χ3n) is 7.20. The summed E-state index contributed by atoms with van der Waals surface area (Å²) in [5.41, 5.74) is 2.52. The molecule has 9 nitrogen and oxygen atoms in total. The van der Waals surface area contributed by atoms with E-state index in [1.165, 1.54) is 49.5 Å². The summed E-state index contributed by atoms with van der Waals surface area (Å²) < 4.78 is 53.9. The van der Waals surface area contributed by atoms with E-state index >= 15 is 0 Å². The highest BCUT2D eigenvalue weighted by Crippen LogP contribution is 2.33. The third-order valence-corrected chi connectivity index (χ3v) is 8.97. The number of hydrogen-bond acceptors (Lipinski definition) is 6. The van der Waals surface area contributed by atoms with Crippen LogP contribution in [0.15, 0.2) is 65.6 Å². The molecular formula is C33H42FN3O6S. The van der Waals surface area contributed by atoms with Gasteiger partial charge in [0.1, 0.15) is 18.4 Å². The first-order valence-corrected chi connectivity index (χ1v) is 16.0. The summed E-state index contributed by atoms with van der Waals surface area (Å²) in [6, 6.07) is 14.3. The maximum Gasteiger partial charge on any atom is 0.264 e. The fourth-order valence-corrected chi connectivity index (χ4v) is 6.35. The van der Waals surface area contributed by atoms with Crippen molar-refractivity contribution in [2.75, 3.05) is 31.6 Å². The summed E-state index contributed by atoms with van der Waals surface area (Å²) in [5, 5.41) is 2.89. The lowest BCUT2D eigenvalue weighted by atomic mass is 10.1. The van der Waals surface area contributed by atoms with E-state index in [1.807, 2.05) is 26.8 Å². The Hall–Kier alpha value is -4.12. The number of amides is 2. The van der Waals surface area contributed by atoms with Gasteiger partial charge in [0.15, 0.2) is 11.5 Å². The first-order valence-electron chi connectivity index (χ1n) is 14.6. The van der Waals surface area contributed by atoms with Crippen molar-refractivity contribution < 1.29 is 31.9 Å². The van der Waals surface area contributed by atoms with E-state index in [1.54, 1.807) is 31.2 Å². The molecule has 238 valence electrons. The Labute approximate surface area is 260 Å². The standard InChI is InChI=1S/C33H42FN3O6S/c1-7-9-16-35-33(39)29(8-2)36(21-25-10-12-26(34)13-11-25)32(38)22-37(27-18-23(3)17-24(4)19-27)44(40,41)28-14-15-30(42-5)31(20-28)43-6/h10-15,17-20,29H,7-9,16,21-22H2,1-6H3,(H,35,39)/t29-/m0/s1. The van der Waals surface area contributed by atoms with Crippen LogP contribution in [0.4, 0.5) is 10.1 Å². The number of halogens is 1. The summed E-state index contributed by atoms with van der Waals surface area (Å²) in [4.78, 5) is 28.8. The van der Waals surface area contributed by atoms with Crippen molar-refractivity contribution in [3.8, 4) is 11.5 Å². The van der Waals surface area contributed by atoms with Crippen molar-refractivity contribution in [2.45, 2.75) is 64.4 Å². The van der Waals surface area contributed by atoms with E-state index < -0.39 is 34.3 Å². The molecule has 0 aliphatic rings. The van der Waals surface area contributed by atoms with Crippen molar-refractivity contribution >= 4 is 27.5 Å². The summed E-state index contributed by atoms with van der Waals surface area (Å²) in [7, 11) is -1.47. The average Bonchev–Trinajstić information content (AvgIpc) is 2.99. The van der Waals surface area contributed by atoms with Crippen molar-refractivity contribution in [3.05, 3.63) is 83.2 Å². The van der Waals surface area contributed by atoms with Crippen LogP contribution in [-0.2, 0) is 26.2 Å². The molecule has 2 amide bonds. The van der Waals surface area contributed by atoms with Crippen LogP contribution in [-0.4, -0.2) is 58.5 Å². The first-order chi connectivity index (χ1) is 20.9. The maximum atomic E-state index is 14.3. The van der Waals surface area contributed by atoms with Crippen molar-refractivity contribution in [1.82, 2.24) is 10.2 Å². The summed E-state index contributed by atoms with van der Waals surface area (Å²) in [5.74, 6) is -0.788. The Balaban J connectivity index is 2.11. The Morgan fingerprint density at radius 2 is 1.55 bits per heavy atom. The minimum atomic E-state index is -4.32. The van der Waals surface area contributed by atoms with Gasteiger partial charge in [0.2, 0.25) is 11.8 Å². The highest BCUT2D eigenvalue weighted by atomic mass is 32.2. The van der Waals surface area contributed by atoms with Gasteiger partial charge in [-0.1, -0.05) is 38.5 Å². The molecule has 0 aromatic heterocycles. The van der Waals surface area contributed by atoms with Gasteiger partial charge >= 0.3 is 0 Å². The number of nitrogens with zero attached hydrogens (tertiary/aromatic N) is 2. The lowest BCUT2D eigenvalue weighted by Gasteiger charge is -2.33. The molecule has 11 heteroatoms. The van der Waals surface area contributed by atoms with Crippen LogP contribution >= 0.6 is 0 Å². The molecule has 0 saturated heterocycles. The van der Waals surface area contributed by atoms with Gasteiger partial charge in [-0.2, -0.15) is 0 Å². The number of anilines is 1. The predicted octanol–water partition coefficient (Wildman–Crippen LogP) is 5.38. The molecule has 0 aliphatic heterocycles. The quantitative estimate of drug-likeness (QED) is 0.227. The van der Waals surface area contributed by atoms with Crippen LogP contribution in [0.1, 0.15) is 49.8 Å². The lowest BCUT2D eigenvalue weighted by Crippen LogP contribution is -2.52. The molecule has 0 spiro atoms. The molecule has 0 unspecified atom stereocenters. The van der Waals surface area contributed by atoms with E-state index in [-0.39, 0.29) is 29.5 Å². The molecule has 0 fully saturated rings. The van der Waals surface area contributed by atoms with Crippen LogP contribution in [0.2, 0.25) is 0 Å². The lowest BCUT2D eigenvalue weighted by molar-refractivity contribution is -0.140. The molecule has 44 heavy (non-hydrogen) atoms. The summed E-state index contributed by atoms with van der Waals surface area (Å²) in [6.07, 6.45) is 1.95. The fraction of sp³-hybridized carbons (Fsp3) is 0.394. The largest absolute Gasteiger partial charge is 0.493 e. The van der Waals surface area contributed by atoms with Gasteiger partial charge in [0.25, 0.3) is 10.0 Å². The number of methoxy groups -OCH3 is 2. The number of rotatable bonds is 15. The number of unbranched alkanes of at least 4 members (excludes halogenated alkanes) is 1. The number of ether oxygens (including phenoxy) is 2. The van der Waals surface area contributed by atoms with Gasteiger partial charge in [-0.15, -0.1) is 0 Å². The second-order valence-corrected chi connectivity index (χ2v) is 12.5. The minimum absolute atomic E-state index is 0.0179. The van der Waals surface area contributed by atoms with Crippen molar-refractivity contribution in [3.63, 3.8) is 0 Å². The summed E-state index contributed by atoms with van der Waals surface area (Å²) in [6.45, 7) is 7.33. The smallest absolute Gasteiger partial charge is 0.264 e. The van der Waals surface area contributed by atoms with E-state index in [0.717, 1.165) is 28.3 Å². The number of carbonyl (C=O) groups is 2. The van der Waals surface area contributed by atoms with E-state index in [4.69, 9.17) is 9.47 Å². The van der Waals surface area contributed by atoms with Gasteiger partial charge in [-0.3, -0.25) is 13.9 Å². The number of carbonyl (C=O) groups excluding carboxylic acids is 2. The Morgan fingerprint density at radius 3 is 2.11 bits per heavy atom. The van der Waals surface area contributed by atoms with Crippen LogP contribution in [0, 0.1) is 19.7 Å². The second-order valence-electron chi connectivity index (χ2n) is 10.6. The maximum absolute atomic E-state index is 14.3. The summed E-state index contributed by atoms with van der Waals surface area (Å²) >= 11 is 0. The molecule has 0 radical (unpaired) electrons. The van der Waals surface area contributed by atoms with Crippen LogP contribution in [0.3, 0.4) is 0 Å². The number of aryl methyl sites for hydroxylation is 2. The zero-order chi connectivity index (χ0) is 32.4. The molecule has 3 aromatic rings. The topological polar surface area (TPSA) is 105 Å². The molecule has 3 rings (SSSR count). The Kier molecular flexibility index (Phi) is 12.2. The number of hydrogen-bond donors (Lipinski definition) is 1. The molecule has 1 N–H and O–H groups in total. The van der Waals surface area contributed by atoms with Crippen molar-refractivity contribution in [1.29, 1.82) is 0 Å². The average molecular weight is 628 g/mol. The molecule has 0 bridgehead atoms. The molecule has 3 aromatic carbocycles. The number of sulfonamides is 1. The van der Waals surface area contributed by atoms with E-state index in [2.05, 4.69) is 5.32 Å². The first kappa shape index (κ1) is 34.4. The predicted molar refractivity (Wildman–Crippen MR) is 169 cm³/mol. The second kappa shape index (κ2) is 15.6. The molecule has 1 atom stereocenters. The minimum Gasteiger partial charge on any atom is -0.493 e. The fourth-order valence-electron chi connectivity index (χ4n) is 4.94. The van der Waals surface area contributed by atoms with Gasteiger partial charge in [-0.25, -0.2) is 12.8 Å². The zero-order valence-electron chi connectivity index (χ0n) is 26.2. The van der Waals surface area contributed by atoms with Gasteiger partial charge in [0.05, 0.1) is 24.8 Å². The number of nitrogens with one attached hydrogen (secondary N) is 1. The molecule has 0 aliphatic carbocycles. The Bertz CT molecular complexity index is 1530. The Morgan fingerprint density at radius 1 is 0.909 bits per heavy atom. The molecular weight excluding hydrogens is 585 g/mol.